The maximum atomic E-state index is 12.8. The first kappa shape index (κ1) is 14.1. The van der Waals surface area contributed by atoms with Crippen molar-refractivity contribution in [3.05, 3.63) is 24.3 Å². The summed E-state index contributed by atoms with van der Waals surface area (Å²) in [6.07, 6.45) is 0.721. The topological polar surface area (TPSA) is 70.1 Å². The average molecular weight is 308 g/mol. The lowest BCUT2D eigenvalue weighted by Crippen LogP contribution is -2.49. The fraction of sp³-hybridized carbons (Fsp3) is 0.429. The van der Waals surface area contributed by atoms with E-state index in [0.29, 0.717) is 36.2 Å². The maximum Gasteiger partial charge on any atom is 0.327 e. The zero-order valence-electron chi connectivity index (χ0n) is 11.4. The molecule has 1 saturated heterocycles. The van der Waals surface area contributed by atoms with E-state index in [1.807, 2.05) is 24.3 Å². The maximum absolute atomic E-state index is 12.8. The Hall–Kier alpha value is -1.89. The Morgan fingerprint density at radius 1 is 1.33 bits per heavy atom. The Morgan fingerprint density at radius 2 is 2.14 bits per heavy atom. The lowest BCUT2D eigenvalue weighted by Gasteiger charge is -2.29. The van der Waals surface area contributed by atoms with Crippen LogP contribution in [0.15, 0.2) is 24.3 Å². The minimum Gasteiger partial charge on any atom is -0.491 e. The number of thioether (sulfide) groups is 1. The van der Waals surface area contributed by atoms with Gasteiger partial charge in [-0.3, -0.25) is 4.90 Å². The molecule has 6 nitrogen and oxygen atoms in total. The molecule has 0 saturated carbocycles. The van der Waals surface area contributed by atoms with Gasteiger partial charge in [0.25, 0.3) is 0 Å². The molecular weight excluding hydrogens is 292 g/mol. The third-order valence-electron chi connectivity index (χ3n) is 3.58. The van der Waals surface area contributed by atoms with Crippen LogP contribution in [0.4, 0.5) is 10.5 Å². The molecule has 0 unspecified atom stereocenters. The summed E-state index contributed by atoms with van der Waals surface area (Å²) in [4.78, 5) is 27.1. The second-order valence-electron chi connectivity index (χ2n) is 4.93. The molecular formula is C14H16N2O4S. The van der Waals surface area contributed by atoms with Gasteiger partial charge < -0.3 is 14.7 Å². The number of anilines is 1. The first-order valence-electron chi connectivity index (χ1n) is 6.79. The summed E-state index contributed by atoms with van der Waals surface area (Å²) in [5, 5.41) is 9.23. The fourth-order valence-electron chi connectivity index (χ4n) is 2.52. The largest absolute Gasteiger partial charge is 0.491 e. The number of nitrogens with zero attached hydrogens (tertiary/aromatic N) is 2. The molecule has 1 atom stereocenters. The fourth-order valence-corrected chi connectivity index (χ4v) is 3.66. The van der Waals surface area contributed by atoms with Gasteiger partial charge in [-0.25, -0.2) is 9.59 Å². The number of carbonyl (C=O) groups excluding carboxylic acids is 1. The molecule has 7 heteroatoms. The molecule has 2 heterocycles. The molecule has 0 spiro atoms. The molecule has 2 amide bonds. The second-order valence-corrected chi connectivity index (χ2v) is 5.93. The van der Waals surface area contributed by atoms with Crippen molar-refractivity contribution in [1.29, 1.82) is 0 Å². The average Bonchev–Trinajstić information content (AvgIpc) is 2.88. The molecule has 0 aliphatic carbocycles. The number of carbonyl (C=O) groups is 2. The predicted octanol–water partition coefficient (Wildman–Crippen LogP) is 1.85. The van der Waals surface area contributed by atoms with E-state index in [-0.39, 0.29) is 6.03 Å². The number of urea groups is 1. The summed E-state index contributed by atoms with van der Waals surface area (Å²) in [5.74, 6) is 0.567. The normalized spacial score (nSPS) is 21.4. The van der Waals surface area contributed by atoms with Crippen molar-refractivity contribution >= 4 is 29.4 Å². The van der Waals surface area contributed by atoms with Gasteiger partial charge in [0.15, 0.2) is 0 Å². The standard InChI is InChI=1S/C14H16N2O4S/c17-13(18)11-8-21-9-16(11)14(19)15-6-3-7-20-12-5-2-1-4-10(12)15/h1-2,4-5,11H,3,6-9H2,(H,17,18)/t11-/m0/s1. The van der Waals surface area contributed by atoms with Gasteiger partial charge >= 0.3 is 12.0 Å². The number of ether oxygens (including phenoxy) is 1. The summed E-state index contributed by atoms with van der Waals surface area (Å²) < 4.78 is 5.63. The van der Waals surface area contributed by atoms with E-state index in [0.717, 1.165) is 6.42 Å². The third-order valence-corrected chi connectivity index (χ3v) is 4.60. The number of hydrogen-bond acceptors (Lipinski definition) is 4. The van der Waals surface area contributed by atoms with Gasteiger partial charge in [0.1, 0.15) is 11.8 Å². The third kappa shape index (κ3) is 2.65. The Morgan fingerprint density at radius 3 is 2.95 bits per heavy atom. The summed E-state index contributed by atoms with van der Waals surface area (Å²) in [5.41, 5.74) is 0.709. The molecule has 21 heavy (non-hydrogen) atoms. The van der Waals surface area contributed by atoms with E-state index >= 15 is 0 Å². The molecule has 2 aliphatic heterocycles. The van der Waals surface area contributed by atoms with E-state index in [1.54, 1.807) is 4.90 Å². The van der Waals surface area contributed by atoms with Crippen LogP contribution in [-0.4, -0.2) is 52.8 Å². The van der Waals surface area contributed by atoms with Crippen LogP contribution in [0.25, 0.3) is 0 Å². The Labute approximate surface area is 126 Å². The summed E-state index contributed by atoms with van der Waals surface area (Å²) in [6, 6.07) is 6.36. The predicted molar refractivity (Wildman–Crippen MR) is 79.9 cm³/mol. The molecule has 3 rings (SSSR count). The smallest absolute Gasteiger partial charge is 0.327 e. The highest BCUT2D eigenvalue weighted by Gasteiger charge is 2.38. The number of rotatable bonds is 1. The molecule has 1 aromatic rings. The summed E-state index contributed by atoms with van der Waals surface area (Å²) in [7, 11) is 0. The van der Waals surface area contributed by atoms with E-state index < -0.39 is 12.0 Å². The van der Waals surface area contributed by atoms with Crippen LogP contribution in [0.2, 0.25) is 0 Å². The van der Waals surface area contributed by atoms with Crippen LogP contribution in [0.1, 0.15) is 6.42 Å². The Balaban J connectivity index is 1.89. The number of fused-ring (bicyclic) bond motifs is 1. The highest BCUT2D eigenvalue weighted by molar-refractivity contribution is 7.99. The van der Waals surface area contributed by atoms with Crippen LogP contribution < -0.4 is 9.64 Å². The molecule has 1 aromatic carbocycles. The van der Waals surface area contributed by atoms with Crippen molar-refractivity contribution in [2.45, 2.75) is 12.5 Å². The minimum absolute atomic E-state index is 0.259. The van der Waals surface area contributed by atoms with Crippen molar-refractivity contribution in [2.75, 3.05) is 29.7 Å². The number of carboxylic acid groups (broad SMARTS) is 1. The van der Waals surface area contributed by atoms with Gasteiger partial charge in [0.2, 0.25) is 0 Å². The summed E-state index contributed by atoms with van der Waals surface area (Å²) >= 11 is 1.46. The van der Waals surface area contributed by atoms with Crippen molar-refractivity contribution < 1.29 is 19.4 Å². The number of benzene rings is 1. The van der Waals surface area contributed by atoms with Crippen LogP contribution in [-0.2, 0) is 4.79 Å². The quantitative estimate of drug-likeness (QED) is 0.857. The van der Waals surface area contributed by atoms with Crippen LogP contribution in [0.3, 0.4) is 0 Å². The number of aliphatic carboxylic acids is 1. The molecule has 0 aromatic heterocycles. The van der Waals surface area contributed by atoms with Crippen molar-refractivity contribution in [3.8, 4) is 5.75 Å². The van der Waals surface area contributed by atoms with Gasteiger partial charge in [0.05, 0.1) is 18.2 Å². The van der Waals surface area contributed by atoms with E-state index in [1.165, 1.54) is 16.7 Å². The first-order chi connectivity index (χ1) is 10.2. The van der Waals surface area contributed by atoms with Crippen molar-refractivity contribution in [1.82, 2.24) is 4.90 Å². The van der Waals surface area contributed by atoms with Crippen LogP contribution >= 0.6 is 11.8 Å². The highest BCUT2D eigenvalue weighted by Crippen LogP contribution is 2.33. The molecule has 2 aliphatic rings. The number of para-hydroxylation sites is 2. The Kier molecular flexibility index (Phi) is 3.92. The van der Waals surface area contributed by atoms with Crippen molar-refractivity contribution in [2.24, 2.45) is 0 Å². The second kappa shape index (κ2) is 5.85. The van der Waals surface area contributed by atoms with E-state index in [9.17, 15) is 14.7 Å². The van der Waals surface area contributed by atoms with E-state index in [4.69, 9.17) is 4.74 Å². The van der Waals surface area contributed by atoms with Gasteiger partial charge in [-0.15, -0.1) is 11.8 Å². The molecule has 112 valence electrons. The molecule has 1 fully saturated rings. The van der Waals surface area contributed by atoms with Crippen molar-refractivity contribution in [3.63, 3.8) is 0 Å². The van der Waals surface area contributed by atoms with Gasteiger partial charge in [-0.2, -0.15) is 0 Å². The lowest BCUT2D eigenvalue weighted by atomic mass is 10.2. The highest BCUT2D eigenvalue weighted by atomic mass is 32.2. The zero-order valence-corrected chi connectivity index (χ0v) is 12.2. The number of hydrogen-bond donors (Lipinski definition) is 1. The van der Waals surface area contributed by atoms with Gasteiger partial charge in [-0.05, 0) is 18.6 Å². The Bertz CT molecular complexity index is 566. The zero-order chi connectivity index (χ0) is 14.8. The number of carboxylic acids is 1. The first-order valence-corrected chi connectivity index (χ1v) is 7.94. The van der Waals surface area contributed by atoms with E-state index in [2.05, 4.69) is 0 Å². The molecule has 1 N–H and O–H groups in total. The summed E-state index contributed by atoms with van der Waals surface area (Å²) in [6.45, 7) is 1.08. The van der Waals surface area contributed by atoms with Gasteiger partial charge in [-0.1, -0.05) is 12.1 Å². The molecule has 0 radical (unpaired) electrons. The van der Waals surface area contributed by atoms with Crippen LogP contribution in [0.5, 0.6) is 5.75 Å². The SMILES string of the molecule is O=C(O)[C@@H]1CSCN1C(=O)N1CCCOc2ccccc21. The minimum atomic E-state index is -0.951. The van der Waals surface area contributed by atoms with Gasteiger partial charge in [0, 0.05) is 12.3 Å². The molecule has 0 bridgehead atoms. The van der Waals surface area contributed by atoms with Crippen LogP contribution in [0, 0.1) is 0 Å². The lowest BCUT2D eigenvalue weighted by molar-refractivity contribution is -0.140. The monoisotopic (exact) mass is 308 g/mol. The number of amides is 2.